The molecule has 1 saturated heterocycles. The number of nitrogens with zero attached hydrogens (tertiary/aromatic N) is 1. The van der Waals surface area contributed by atoms with Crippen LogP contribution in [0.5, 0.6) is 0 Å². The molecule has 112 valence electrons. The van der Waals surface area contributed by atoms with Crippen LogP contribution in [0.15, 0.2) is 18.2 Å². The van der Waals surface area contributed by atoms with Crippen molar-refractivity contribution in [3.63, 3.8) is 0 Å². The second kappa shape index (κ2) is 6.65. The molecular weight excluding hydrogens is 291 g/mol. The molecule has 0 aliphatic carbocycles. The highest BCUT2D eigenvalue weighted by atomic mass is 35.5. The first kappa shape index (κ1) is 16.1. The Kier molecular flexibility index (Phi) is 5.36. The van der Waals surface area contributed by atoms with Gasteiger partial charge in [0.1, 0.15) is 0 Å². The van der Waals surface area contributed by atoms with E-state index in [4.69, 9.17) is 28.9 Å². The van der Waals surface area contributed by atoms with Crippen LogP contribution >= 0.6 is 23.2 Å². The SMILES string of the molecule is CCC(C)(C(N)Cc1cccc(Cl)c1Cl)N1CCCC1. The average Bonchev–Trinajstić information content (AvgIpc) is 2.97. The van der Waals surface area contributed by atoms with Crippen LogP contribution in [0.2, 0.25) is 10.0 Å². The van der Waals surface area contributed by atoms with Gasteiger partial charge in [-0.05, 0) is 57.3 Å². The van der Waals surface area contributed by atoms with Crippen molar-refractivity contribution < 1.29 is 0 Å². The Bertz CT molecular complexity index is 458. The minimum Gasteiger partial charge on any atom is -0.326 e. The van der Waals surface area contributed by atoms with Crippen LogP contribution in [-0.4, -0.2) is 29.6 Å². The lowest BCUT2D eigenvalue weighted by Crippen LogP contribution is -2.57. The molecule has 1 aromatic carbocycles. The van der Waals surface area contributed by atoms with Crippen molar-refractivity contribution in [3.8, 4) is 0 Å². The predicted octanol–water partition coefficient (Wildman–Crippen LogP) is 4.13. The molecule has 1 aromatic rings. The van der Waals surface area contributed by atoms with E-state index in [1.807, 2.05) is 18.2 Å². The molecular formula is C16H24Cl2N2. The summed E-state index contributed by atoms with van der Waals surface area (Å²) in [5, 5.41) is 1.25. The number of hydrogen-bond donors (Lipinski definition) is 1. The Hall–Kier alpha value is -0.280. The summed E-state index contributed by atoms with van der Waals surface area (Å²) < 4.78 is 0. The van der Waals surface area contributed by atoms with Crippen LogP contribution < -0.4 is 5.73 Å². The van der Waals surface area contributed by atoms with Gasteiger partial charge >= 0.3 is 0 Å². The van der Waals surface area contributed by atoms with Crippen molar-refractivity contribution >= 4 is 23.2 Å². The highest BCUT2D eigenvalue weighted by molar-refractivity contribution is 6.42. The van der Waals surface area contributed by atoms with Crippen LogP contribution in [0.4, 0.5) is 0 Å². The number of halogens is 2. The molecule has 0 bridgehead atoms. The van der Waals surface area contributed by atoms with Gasteiger partial charge in [-0.2, -0.15) is 0 Å². The summed E-state index contributed by atoms with van der Waals surface area (Å²) in [6.07, 6.45) is 4.37. The second-order valence-electron chi connectivity index (χ2n) is 5.93. The molecule has 2 rings (SSSR count). The molecule has 2 nitrogen and oxygen atoms in total. The number of hydrogen-bond acceptors (Lipinski definition) is 2. The van der Waals surface area contributed by atoms with Gasteiger partial charge in [0.05, 0.1) is 10.0 Å². The van der Waals surface area contributed by atoms with E-state index in [2.05, 4.69) is 18.7 Å². The lowest BCUT2D eigenvalue weighted by Gasteiger charge is -2.43. The summed E-state index contributed by atoms with van der Waals surface area (Å²) in [6, 6.07) is 5.84. The quantitative estimate of drug-likeness (QED) is 0.885. The van der Waals surface area contributed by atoms with E-state index >= 15 is 0 Å². The van der Waals surface area contributed by atoms with Gasteiger partial charge in [-0.1, -0.05) is 42.3 Å². The highest BCUT2D eigenvalue weighted by Crippen LogP contribution is 2.31. The zero-order chi connectivity index (χ0) is 14.8. The van der Waals surface area contributed by atoms with E-state index < -0.39 is 0 Å². The first-order chi connectivity index (χ1) is 9.49. The van der Waals surface area contributed by atoms with Gasteiger partial charge in [-0.15, -0.1) is 0 Å². The minimum atomic E-state index is 0.0299. The Labute approximate surface area is 132 Å². The van der Waals surface area contributed by atoms with Crippen LogP contribution in [0.1, 0.15) is 38.7 Å². The van der Waals surface area contributed by atoms with E-state index in [0.717, 1.165) is 31.5 Å². The number of likely N-dealkylation sites (tertiary alicyclic amines) is 1. The fraction of sp³-hybridized carbons (Fsp3) is 0.625. The Morgan fingerprint density at radius 2 is 1.95 bits per heavy atom. The first-order valence-electron chi connectivity index (χ1n) is 7.42. The zero-order valence-electron chi connectivity index (χ0n) is 12.3. The van der Waals surface area contributed by atoms with Crippen LogP contribution in [0.25, 0.3) is 0 Å². The molecule has 1 heterocycles. The molecule has 1 fully saturated rings. The lowest BCUT2D eigenvalue weighted by atomic mass is 9.84. The van der Waals surface area contributed by atoms with Gasteiger partial charge in [0, 0.05) is 11.6 Å². The summed E-state index contributed by atoms with van der Waals surface area (Å²) in [5.74, 6) is 0. The Balaban J connectivity index is 2.16. The van der Waals surface area contributed by atoms with Crippen molar-refractivity contribution in [1.29, 1.82) is 0 Å². The third kappa shape index (κ3) is 3.14. The zero-order valence-corrected chi connectivity index (χ0v) is 13.8. The third-order valence-electron chi connectivity index (χ3n) is 4.81. The summed E-state index contributed by atoms with van der Waals surface area (Å²) >= 11 is 12.4. The standard InChI is InChI=1S/C16H24Cl2N2/c1-3-16(2,20-9-4-5-10-20)14(19)11-12-7-6-8-13(17)15(12)18/h6-8,14H,3-5,9-11,19H2,1-2H3. The molecule has 0 radical (unpaired) electrons. The molecule has 0 amide bonds. The van der Waals surface area contributed by atoms with Crippen molar-refractivity contribution in [2.45, 2.75) is 51.1 Å². The summed E-state index contributed by atoms with van der Waals surface area (Å²) in [6.45, 7) is 6.81. The van der Waals surface area contributed by atoms with E-state index in [1.54, 1.807) is 0 Å². The Morgan fingerprint density at radius 1 is 1.30 bits per heavy atom. The predicted molar refractivity (Wildman–Crippen MR) is 87.6 cm³/mol. The van der Waals surface area contributed by atoms with E-state index in [-0.39, 0.29) is 11.6 Å². The van der Waals surface area contributed by atoms with Crippen molar-refractivity contribution in [1.82, 2.24) is 4.90 Å². The molecule has 0 saturated carbocycles. The maximum atomic E-state index is 6.55. The monoisotopic (exact) mass is 314 g/mol. The molecule has 0 spiro atoms. The van der Waals surface area contributed by atoms with Gasteiger partial charge in [-0.3, -0.25) is 4.90 Å². The fourth-order valence-electron chi connectivity index (χ4n) is 3.11. The molecule has 2 N–H and O–H groups in total. The minimum absolute atomic E-state index is 0.0299. The first-order valence-corrected chi connectivity index (χ1v) is 8.18. The maximum absolute atomic E-state index is 6.55. The maximum Gasteiger partial charge on any atom is 0.0624 e. The summed E-state index contributed by atoms with van der Waals surface area (Å²) in [7, 11) is 0. The van der Waals surface area contributed by atoms with Crippen molar-refractivity contribution in [3.05, 3.63) is 33.8 Å². The third-order valence-corrected chi connectivity index (χ3v) is 5.67. The molecule has 0 aromatic heterocycles. The fourth-order valence-corrected chi connectivity index (χ4v) is 3.51. The van der Waals surface area contributed by atoms with E-state index in [0.29, 0.717) is 10.0 Å². The molecule has 1 aliphatic heterocycles. The largest absolute Gasteiger partial charge is 0.326 e. The van der Waals surface area contributed by atoms with Crippen LogP contribution in [0.3, 0.4) is 0 Å². The molecule has 20 heavy (non-hydrogen) atoms. The average molecular weight is 315 g/mol. The normalized spacial score (nSPS) is 20.9. The molecule has 2 atom stereocenters. The van der Waals surface area contributed by atoms with Crippen LogP contribution in [-0.2, 0) is 6.42 Å². The second-order valence-corrected chi connectivity index (χ2v) is 6.71. The van der Waals surface area contributed by atoms with Gasteiger partial charge < -0.3 is 5.73 Å². The summed E-state index contributed by atoms with van der Waals surface area (Å²) in [5.41, 5.74) is 7.63. The van der Waals surface area contributed by atoms with E-state index in [1.165, 1.54) is 12.8 Å². The number of benzene rings is 1. The van der Waals surface area contributed by atoms with Gasteiger partial charge in [0.15, 0.2) is 0 Å². The van der Waals surface area contributed by atoms with Gasteiger partial charge in [0.2, 0.25) is 0 Å². The lowest BCUT2D eigenvalue weighted by molar-refractivity contribution is 0.0999. The molecule has 4 heteroatoms. The van der Waals surface area contributed by atoms with Crippen molar-refractivity contribution in [2.24, 2.45) is 5.73 Å². The van der Waals surface area contributed by atoms with Gasteiger partial charge in [0.25, 0.3) is 0 Å². The van der Waals surface area contributed by atoms with Crippen molar-refractivity contribution in [2.75, 3.05) is 13.1 Å². The Morgan fingerprint density at radius 3 is 2.55 bits per heavy atom. The van der Waals surface area contributed by atoms with E-state index in [9.17, 15) is 0 Å². The smallest absolute Gasteiger partial charge is 0.0624 e. The number of rotatable bonds is 5. The molecule has 2 unspecified atom stereocenters. The number of nitrogens with two attached hydrogens (primary N) is 1. The highest BCUT2D eigenvalue weighted by Gasteiger charge is 2.37. The van der Waals surface area contributed by atoms with Gasteiger partial charge in [-0.25, -0.2) is 0 Å². The summed E-state index contributed by atoms with van der Waals surface area (Å²) in [4.78, 5) is 2.54. The van der Waals surface area contributed by atoms with Crippen LogP contribution in [0, 0.1) is 0 Å². The topological polar surface area (TPSA) is 29.3 Å². The molecule has 1 aliphatic rings.